The minimum atomic E-state index is -0.00364. The van der Waals surface area contributed by atoms with E-state index < -0.39 is 0 Å². The minimum Gasteiger partial charge on any atom is -0.399 e. The number of halogens is 1. The summed E-state index contributed by atoms with van der Waals surface area (Å²) in [5.41, 5.74) is 8.90. The molecule has 0 unspecified atom stereocenters. The molecule has 1 amide bonds. The minimum absolute atomic E-state index is 0.00364. The van der Waals surface area contributed by atoms with E-state index in [2.05, 4.69) is 15.9 Å². The fraction of sp³-hybridized carbons (Fsp3) is 0.188. The molecule has 3 nitrogen and oxygen atoms in total. The van der Waals surface area contributed by atoms with E-state index in [9.17, 15) is 4.79 Å². The molecule has 0 aliphatic carbocycles. The van der Waals surface area contributed by atoms with E-state index in [1.165, 1.54) is 0 Å². The highest BCUT2D eigenvalue weighted by Crippen LogP contribution is 2.22. The summed E-state index contributed by atoms with van der Waals surface area (Å²) in [4.78, 5) is 14.5. The molecule has 0 bridgehead atoms. The third kappa shape index (κ3) is 3.02. The summed E-state index contributed by atoms with van der Waals surface area (Å²) in [5, 5.41) is 0. The highest BCUT2D eigenvalue weighted by atomic mass is 79.9. The number of hydrogen-bond donors (Lipinski definition) is 1. The van der Waals surface area contributed by atoms with Gasteiger partial charge in [0.15, 0.2) is 0 Å². The number of carbonyl (C=O) groups excluding carboxylic acids is 1. The Labute approximate surface area is 127 Å². The van der Waals surface area contributed by atoms with Crippen LogP contribution in [0.3, 0.4) is 0 Å². The molecule has 0 aromatic heterocycles. The Morgan fingerprint density at radius 2 is 1.85 bits per heavy atom. The van der Waals surface area contributed by atoms with Crippen LogP contribution in [0.1, 0.15) is 22.8 Å². The van der Waals surface area contributed by atoms with Crippen molar-refractivity contribution >= 4 is 33.2 Å². The van der Waals surface area contributed by atoms with Crippen LogP contribution in [0.25, 0.3) is 0 Å². The first-order valence-electron chi connectivity index (χ1n) is 6.46. The lowest BCUT2D eigenvalue weighted by molar-refractivity contribution is 0.0987. The van der Waals surface area contributed by atoms with Crippen LogP contribution < -0.4 is 10.6 Å². The number of nitrogen functional groups attached to an aromatic ring is 1. The highest BCUT2D eigenvalue weighted by molar-refractivity contribution is 9.10. The zero-order chi connectivity index (χ0) is 14.7. The van der Waals surface area contributed by atoms with Crippen LogP contribution in [-0.4, -0.2) is 12.5 Å². The molecular weight excluding hydrogens is 316 g/mol. The van der Waals surface area contributed by atoms with Gasteiger partial charge in [0, 0.05) is 28.0 Å². The van der Waals surface area contributed by atoms with Gasteiger partial charge in [-0.2, -0.15) is 0 Å². The summed E-state index contributed by atoms with van der Waals surface area (Å²) >= 11 is 3.41. The molecule has 2 N–H and O–H groups in total. The smallest absolute Gasteiger partial charge is 0.258 e. The second kappa shape index (κ2) is 6.09. The molecule has 0 fully saturated rings. The van der Waals surface area contributed by atoms with Crippen LogP contribution in [0.4, 0.5) is 11.4 Å². The van der Waals surface area contributed by atoms with Crippen molar-refractivity contribution in [2.24, 2.45) is 0 Å². The van der Waals surface area contributed by atoms with Crippen molar-refractivity contribution in [2.45, 2.75) is 13.8 Å². The molecule has 2 aromatic rings. The lowest BCUT2D eigenvalue weighted by atomic mass is 10.1. The summed E-state index contributed by atoms with van der Waals surface area (Å²) in [7, 11) is 0. The van der Waals surface area contributed by atoms with Crippen molar-refractivity contribution in [3.8, 4) is 0 Å². The topological polar surface area (TPSA) is 46.3 Å². The third-order valence-corrected chi connectivity index (χ3v) is 3.69. The number of rotatable bonds is 3. The number of nitrogens with zero attached hydrogens (tertiary/aromatic N) is 1. The third-order valence-electron chi connectivity index (χ3n) is 3.20. The van der Waals surface area contributed by atoms with Gasteiger partial charge >= 0.3 is 0 Å². The Kier molecular flexibility index (Phi) is 4.45. The Balaban J connectivity index is 2.38. The van der Waals surface area contributed by atoms with Crippen LogP contribution in [-0.2, 0) is 0 Å². The van der Waals surface area contributed by atoms with Gasteiger partial charge < -0.3 is 10.6 Å². The quantitative estimate of drug-likeness (QED) is 0.863. The maximum atomic E-state index is 12.7. The molecule has 0 aliphatic rings. The van der Waals surface area contributed by atoms with Gasteiger partial charge in [-0.3, -0.25) is 4.79 Å². The van der Waals surface area contributed by atoms with Gasteiger partial charge in [0.05, 0.1) is 0 Å². The van der Waals surface area contributed by atoms with Crippen LogP contribution >= 0.6 is 15.9 Å². The molecule has 2 rings (SSSR count). The van der Waals surface area contributed by atoms with E-state index >= 15 is 0 Å². The average molecular weight is 333 g/mol. The molecule has 2 aromatic carbocycles. The number of nitrogens with two attached hydrogens (primary N) is 1. The van der Waals surface area contributed by atoms with E-state index in [4.69, 9.17) is 5.73 Å². The standard InChI is InChI=1S/C16H17BrN2O/c1-3-19(14-8-6-13(18)7-9-14)16(20)15-10-12(17)5-4-11(15)2/h4-10H,3,18H2,1-2H3. The van der Waals surface area contributed by atoms with Gasteiger partial charge in [-0.15, -0.1) is 0 Å². The normalized spacial score (nSPS) is 10.3. The average Bonchev–Trinajstić information content (AvgIpc) is 2.44. The number of carbonyl (C=O) groups is 1. The first-order chi connectivity index (χ1) is 9.52. The predicted molar refractivity (Wildman–Crippen MR) is 87.1 cm³/mol. The van der Waals surface area contributed by atoms with Crippen LogP contribution in [0.2, 0.25) is 0 Å². The molecular formula is C16H17BrN2O. The van der Waals surface area contributed by atoms with Crippen LogP contribution in [0.15, 0.2) is 46.9 Å². The van der Waals surface area contributed by atoms with Gasteiger partial charge in [0.1, 0.15) is 0 Å². The first kappa shape index (κ1) is 14.6. The van der Waals surface area contributed by atoms with Crippen molar-refractivity contribution in [3.05, 3.63) is 58.1 Å². The number of benzene rings is 2. The largest absolute Gasteiger partial charge is 0.399 e. The summed E-state index contributed by atoms with van der Waals surface area (Å²) in [5.74, 6) is -0.00364. The van der Waals surface area contributed by atoms with E-state index in [0.29, 0.717) is 17.8 Å². The summed E-state index contributed by atoms with van der Waals surface area (Å²) in [6, 6.07) is 13.1. The molecule has 104 valence electrons. The number of amides is 1. The maximum absolute atomic E-state index is 12.7. The number of hydrogen-bond acceptors (Lipinski definition) is 2. The number of anilines is 2. The first-order valence-corrected chi connectivity index (χ1v) is 7.25. The van der Waals surface area contributed by atoms with Crippen molar-refractivity contribution in [1.29, 1.82) is 0 Å². The van der Waals surface area contributed by atoms with E-state index in [0.717, 1.165) is 15.7 Å². The zero-order valence-electron chi connectivity index (χ0n) is 11.6. The monoisotopic (exact) mass is 332 g/mol. The Bertz CT molecular complexity index is 623. The molecule has 0 atom stereocenters. The molecule has 0 radical (unpaired) electrons. The van der Waals surface area contributed by atoms with Crippen molar-refractivity contribution < 1.29 is 4.79 Å². The molecule has 0 aliphatic heterocycles. The van der Waals surface area contributed by atoms with Gasteiger partial charge in [-0.1, -0.05) is 22.0 Å². The van der Waals surface area contributed by atoms with Gasteiger partial charge in [0.25, 0.3) is 5.91 Å². The SMILES string of the molecule is CCN(C(=O)c1cc(Br)ccc1C)c1ccc(N)cc1. The van der Waals surface area contributed by atoms with E-state index in [1.807, 2.05) is 44.2 Å². The van der Waals surface area contributed by atoms with Gasteiger partial charge in [0.2, 0.25) is 0 Å². The molecule has 20 heavy (non-hydrogen) atoms. The summed E-state index contributed by atoms with van der Waals surface area (Å²) < 4.78 is 0.903. The van der Waals surface area contributed by atoms with Crippen LogP contribution in [0.5, 0.6) is 0 Å². The van der Waals surface area contributed by atoms with Crippen LogP contribution in [0, 0.1) is 6.92 Å². The molecule has 4 heteroatoms. The molecule has 0 heterocycles. The fourth-order valence-corrected chi connectivity index (χ4v) is 2.43. The molecule has 0 spiro atoms. The summed E-state index contributed by atoms with van der Waals surface area (Å²) in [6.45, 7) is 4.51. The van der Waals surface area contributed by atoms with Crippen molar-refractivity contribution in [2.75, 3.05) is 17.2 Å². The second-order valence-electron chi connectivity index (χ2n) is 4.60. The Morgan fingerprint density at radius 1 is 1.20 bits per heavy atom. The van der Waals surface area contributed by atoms with Crippen molar-refractivity contribution in [1.82, 2.24) is 0 Å². The Hall–Kier alpha value is -1.81. The van der Waals surface area contributed by atoms with Gasteiger partial charge in [-0.05, 0) is 55.8 Å². The second-order valence-corrected chi connectivity index (χ2v) is 5.52. The molecule has 0 saturated carbocycles. The Morgan fingerprint density at radius 3 is 2.45 bits per heavy atom. The van der Waals surface area contributed by atoms with Crippen molar-refractivity contribution in [3.63, 3.8) is 0 Å². The zero-order valence-corrected chi connectivity index (χ0v) is 13.1. The van der Waals surface area contributed by atoms with Gasteiger partial charge in [-0.25, -0.2) is 0 Å². The summed E-state index contributed by atoms with van der Waals surface area (Å²) in [6.07, 6.45) is 0. The van der Waals surface area contributed by atoms with E-state index in [-0.39, 0.29) is 5.91 Å². The maximum Gasteiger partial charge on any atom is 0.258 e. The lowest BCUT2D eigenvalue weighted by Gasteiger charge is -2.22. The fourth-order valence-electron chi connectivity index (χ4n) is 2.07. The predicted octanol–water partition coefficient (Wildman–Crippen LogP) is 4.01. The number of aryl methyl sites for hydroxylation is 1. The molecule has 0 saturated heterocycles. The highest BCUT2D eigenvalue weighted by Gasteiger charge is 2.18. The lowest BCUT2D eigenvalue weighted by Crippen LogP contribution is -2.31. The van der Waals surface area contributed by atoms with E-state index in [1.54, 1.807) is 17.0 Å².